The zero-order valence-electron chi connectivity index (χ0n) is 12.6. The van der Waals surface area contributed by atoms with Crippen LogP contribution in [0.5, 0.6) is 5.75 Å². The summed E-state index contributed by atoms with van der Waals surface area (Å²) in [4.78, 5) is 22.6. The number of aliphatic carboxylic acids is 1. The third-order valence-corrected chi connectivity index (χ3v) is 3.14. The van der Waals surface area contributed by atoms with Gasteiger partial charge in [-0.05, 0) is 30.5 Å². The molecule has 116 valence electrons. The highest BCUT2D eigenvalue weighted by atomic mass is 16.5. The number of aryl methyl sites for hydroxylation is 1. The van der Waals surface area contributed by atoms with Gasteiger partial charge in [-0.25, -0.2) is 4.79 Å². The van der Waals surface area contributed by atoms with Crippen molar-refractivity contribution in [3.63, 3.8) is 0 Å². The maximum Gasteiger partial charge on any atom is 0.326 e. The Kier molecular flexibility index (Phi) is 7.29. The van der Waals surface area contributed by atoms with Gasteiger partial charge in [-0.3, -0.25) is 4.79 Å². The standard InChI is InChI=1S/C16H23NO4/c1-3-5-14(16(19)20)17-15(18)10-11-21-13-8-6-12(4-2)7-9-13/h6-9,14H,3-5,10-11H2,1-2H3,(H,17,18)(H,19,20). The zero-order valence-corrected chi connectivity index (χ0v) is 12.6. The molecule has 21 heavy (non-hydrogen) atoms. The van der Waals surface area contributed by atoms with Crippen LogP contribution in [0.3, 0.4) is 0 Å². The molecule has 0 radical (unpaired) electrons. The van der Waals surface area contributed by atoms with E-state index in [0.717, 1.165) is 6.42 Å². The number of ether oxygens (including phenoxy) is 1. The third kappa shape index (κ3) is 6.29. The molecule has 0 saturated heterocycles. The Morgan fingerprint density at radius 1 is 1.24 bits per heavy atom. The fraction of sp³-hybridized carbons (Fsp3) is 0.500. The van der Waals surface area contributed by atoms with Crippen LogP contribution >= 0.6 is 0 Å². The van der Waals surface area contributed by atoms with Crippen LogP contribution < -0.4 is 10.1 Å². The second-order valence-electron chi connectivity index (χ2n) is 4.84. The molecule has 0 aliphatic heterocycles. The molecule has 0 aliphatic rings. The van der Waals surface area contributed by atoms with E-state index in [0.29, 0.717) is 18.6 Å². The number of amides is 1. The van der Waals surface area contributed by atoms with E-state index in [1.165, 1.54) is 5.56 Å². The average molecular weight is 293 g/mol. The molecule has 1 aromatic carbocycles. The number of hydrogen-bond donors (Lipinski definition) is 2. The minimum atomic E-state index is -0.999. The highest BCUT2D eigenvalue weighted by molar-refractivity contribution is 5.83. The number of hydrogen-bond acceptors (Lipinski definition) is 3. The first kappa shape index (κ1) is 17.0. The molecule has 1 aromatic rings. The third-order valence-electron chi connectivity index (χ3n) is 3.14. The van der Waals surface area contributed by atoms with E-state index in [2.05, 4.69) is 12.2 Å². The summed E-state index contributed by atoms with van der Waals surface area (Å²) in [6.07, 6.45) is 2.25. The molecule has 0 aromatic heterocycles. The number of carboxylic acids is 1. The summed E-state index contributed by atoms with van der Waals surface area (Å²) in [6, 6.07) is 6.89. The molecular weight excluding hydrogens is 270 g/mol. The zero-order chi connectivity index (χ0) is 15.7. The summed E-state index contributed by atoms with van der Waals surface area (Å²) < 4.78 is 5.47. The van der Waals surface area contributed by atoms with Crippen molar-refractivity contribution in [3.05, 3.63) is 29.8 Å². The predicted octanol–water partition coefficient (Wildman–Crippen LogP) is 2.39. The molecule has 5 heteroatoms. The van der Waals surface area contributed by atoms with Crippen LogP contribution in [0, 0.1) is 0 Å². The smallest absolute Gasteiger partial charge is 0.326 e. The van der Waals surface area contributed by atoms with E-state index in [4.69, 9.17) is 9.84 Å². The molecule has 0 fully saturated rings. The summed E-state index contributed by atoms with van der Waals surface area (Å²) >= 11 is 0. The van der Waals surface area contributed by atoms with Crippen molar-refractivity contribution >= 4 is 11.9 Å². The van der Waals surface area contributed by atoms with Crippen molar-refractivity contribution in [2.45, 2.75) is 45.6 Å². The molecule has 0 heterocycles. The van der Waals surface area contributed by atoms with Crippen LogP contribution in [-0.2, 0) is 16.0 Å². The van der Waals surface area contributed by atoms with Gasteiger partial charge in [-0.2, -0.15) is 0 Å². The number of rotatable bonds is 9. The van der Waals surface area contributed by atoms with E-state index in [9.17, 15) is 9.59 Å². The summed E-state index contributed by atoms with van der Waals surface area (Å²) in [5.74, 6) is -0.592. The number of nitrogens with one attached hydrogen (secondary N) is 1. The van der Waals surface area contributed by atoms with Crippen LogP contribution in [0.1, 0.15) is 38.7 Å². The van der Waals surface area contributed by atoms with E-state index in [1.54, 1.807) is 0 Å². The first-order chi connectivity index (χ1) is 10.1. The average Bonchev–Trinajstić information content (AvgIpc) is 2.47. The second-order valence-corrected chi connectivity index (χ2v) is 4.84. The Hall–Kier alpha value is -2.04. The van der Waals surface area contributed by atoms with Crippen molar-refractivity contribution in [3.8, 4) is 5.75 Å². The topological polar surface area (TPSA) is 75.6 Å². The van der Waals surface area contributed by atoms with Gasteiger partial charge < -0.3 is 15.2 Å². The maximum absolute atomic E-state index is 11.7. The molecule has 1 unspecified atom stereocenters. The van der Waals surface area contributed by atoms with Crippen LogP contribution in [0.4, 0.5) is 0 Å². The van der Waals surface area contributed by atoms with Crippen LogP contribution in [0.15, 0.2) is 24.3 Å². The Bertz CT molecular complexity index is 456. The monoisotopic (exact) mass is 293 g/mol. The molecule has 2 N–H and O–H groups in total. The van der Waals surface area contributed by atoms with Gasteiger partial charge in [0.15, 0.2) is 0 Å². The number of benzene rings is 1. The lowest BCUT2D eigenvalue weighted by Crippen LogP contribution is -2.41. The van der Waals surface area contributed by atoms with Crippen molar-refractivity contribution in [2.75, 3.05) is 6.61 Å². The molecule has 1 amide bonds. The van der Waals surface area contributed by atoms with Gasteiger partial charge >= 0.3 is 5.97 Å². The maximum atomic E-state index is 11.7. The predicted molar refractivity (Wildman–Crippen MR) is 80.4 cm³/mol. The Morgan fingerprint density at radius 2 is 1.90 bits per heavy atom. The summed E-state index contributed by atoms with van der Waals surface area (Å²) in [7, 11) is 0. The van der Waals surface area contributed by atoms with Gasteiger partial charge in [-0.15, -0.1) is 0 Å². The Morgan fingerprint density at radius 3 is 2.43 bits per heavy atom. The van der Waals surface area contributed by atoms with E-state index < -0.39 is 12.0 Å². The molecule has 5 nitrogen and oxygen atoms in total. The van der Waals surface area contributed by atoms with E-state index >= 15 is 0 Å². The summed E-state index contributed by atoms with van der Waals surface area (Å²) in [6.45, 7) is 4.19. The van der Waals surface area contributed by atoms with Gasteiger partial charge in [0, 0.05) is 0 Å². The van der Waals surface area contributed by atoms with Crippen LogP contribution in [0.25, 0.3) is 0 Å². The Labute approximate surface area is 125 Å². The lowest BCUT2D eigenvalue weighted by atomic mass is 10.1. The van der Waals surface area contributed by atoms with Gasteiger partial charge in [0.1, 0.15) is 11.8 Å². The van der Waals surface area contributed by atoms with E-state index in [-0.39, 0.29) is 18.9 Å². The molecule has 0 spiro atoms. The van der Waals surface area contributed by atoms with Crippen LogP contribution in [0.2, 0.25) is 0 Å². The molecule has 0 aliphatic carbocycles. The van der Waals surface area contributed by atoms with Gasteiger partial charge in [0.05, 0.1) is 13.0 Å². The fourth-order valence-corrected chi connectivity index (χ4v) is 1.90. The highest BCUT2D eigenvalue weighted by Gasteiger charge is 2.18. The van der Waals surface area contributed by atoms with Gasteiger partial charge in [0.2, 0.25) is 5.91 Å². The van der Waals surface area contributed by atoms with E-state index in [1.807, 2.05) is 31.2 Å². The summed E-state index contributed by atoms with van der Waals surface area (Å²) in [5.41, 5.74) is 1.23. The first-order valence-electron chi connectivity index (χ1n) is 7.30. The molecule has 1 atom stereocenters. The lowest BCUT2D eigenvalue weighted by Gasteiger charge is -2.13. The quantitative estimate of drug-likeness (QED) is 0.733. The number of carboxylic acid groups (broad SMARTS) is 1. The minimum Gasteiger partial charge on any atom is -0.493 e. The number of carbonyl (C=O) groups is 2. The van der Waals surface area contributed by atoms with Crippen molar-refractivity contribution in [2.24, 2.45) is 0 Å². The normalized spacial score (nSPS) is 11.7. The van der Waals surface area contributed by atoms with Gasteiger partial charge in [0.25, 0.3) is 0 Å². The Balaban J connectivity index is 2.33. The first-order valence-corrected chi connectivity index (χ1v) is 7.30. The largest absolute Gasteiger partial charge is 0.493 e. The minimum absolute atomic E-state index is 0.142. The van der Waals surface area contributed by atoms with Crippen molar-refractivity contribution in [1.82, 2.24) is 5.32 Å². The highest BCUT2D eigenvalue weighted by Crippen LogP contribution is 2.12. The molecule has 1 rings (SSSR count). The molecule has 0 bridgehead atoms. The molecular formula is C16H23NO4. The van der Waals surface area contributed by atoms with Crippen molar-refractivity contribution < 1.29 is 19.4 Å². The fourth-order valence-electron chi connectivity index (χ4n) is 1.90. The SMILES string of the molecule is CCCC(NC(=O)CCOc1ccc(CC)cc1)C(=O)O. The van der Waals surface area contributed by atoms with Crippen LogP contribution in [-0.4, -0.2) is 29.6 Å². The van der Waals surface area contributed by atoms with Gasteiger partial charge in [-0.1, -0.05) is 32.4 Å². The summed E-state index contributed by atoms with van der Waals surface area (Å²) in [5, 5.41) is 11.5. The van der Waals surface area contributed by atoms with Crippen molar-refractivity contribution in [1.29, 1.82) is 0 Å². The number of carbonyl (C=O) groups excluding carboxylic acids is 1. The lowest BCUT2D eigenvalue weighted by molar-refractivity contribution is -0.142. The second kappa shape index (κ2) is 9.00. The molecule has 0 saturated carbocycles.